The van der Waals surface area contributed by atoms with E-state index in [-0.39, 0.29) is 12.6 Å². The van der Waals surface area contributed by atoms with Crippen molar-refractivity contribution in [1.29, 1.82) is 0 Å². The summed E-state index contributed by atoms with van der Waals surface area (Å²) >= 11 is 0. The van der Waals surface area contributed by atoms with E-state index in [1.54, 1.807) is 0 Å². The average molecular weight is 205 g/mol. The Hall–Kier alpha value is -0.680. The number of ether oxygens (including phenoxy) is 1. The molecule has 0 aromatic heterocycles. The summed E-state index contributed by atoms with van der Waals surface area (Å²) < 4.78 is 17.9. The summed E-state index contributed by atoms with van der Waals surface area (Å²) in [5, 5.41) is 8.35. The molecule has 82 valence electrons. The third kappa shape index (κ3) is 3.59. The molecule has 0 aromatic carbocycles. The maximum atomic E-state index is 12.9. The minimum absolute atomic E-state index is 0.154. The molecule has 1 aliphatic heterocycles. The quantitative estimate of drug-likeness (QED) is 0.727. The van der Waals surface area contributed by atoms with Crippen molar-refractivity contribution in [3.05, 3.63) is 0 Å². The SMILES string of the molecule is CN1CC(F)CCC1COCC(=O)O. The Bertz CT molecular complexity index is 200. The topological polar surface area (TPSA) is 49.8 Å². The molecule has 0 aliphatic carbocycles. The number of hydrogen-bond acceptors (Lipinski definition) is 3. The van der Waals surface area contributed by atoms with Gasteiger partial charge in [-0.25, -0.2) is 9.18 Å². The predicted molar refractivity (Wildman–Crippen MR) is 49.0 cm³/mol. The number of piperidine rings is 1. The van der Waals surface area contributed by atoms with Gasteiger partial charge in [-0.05, 0) is 19.9 Å². The van der Waals surface area contributed by atoms with E-state index >= 15 is 0 Å². The standard InChI is InChI=1S/C9H16FNO3/c1-11-4-7(10)2-3-8(11)5-14-6-9(12)13/h7-8H,2-6H2,1H3,(H,12,13). The molecule has 4 nitrogen and oxygen atoms in total. The van der Waals surface area contributed by atoms with Crippen molar-refractivity contribution in [1.82, 2.24) is 4.90 Å². The monoisotopic (exact) mass is 205 g/mol. The van der Waals surface area contributed by atoms with Crippen LogP contribution < -0.4 is 0 Å². The molecule has 0 aromatic rings. The minimum atomic E-state index is -0.966. The number of carboxylic acids is 1. The molecular formula is C9H16FNO3. The number of hydrogen-bond donors (Lipinski definition) is 1. The van der Waals surface area contributed by atoms with Crippen molar-refractivity contribution < 1.29 is 19.0 Å². The van der Waals surface area contributed by atoms with Crippen LogP contribution in [0.2, 0.25) is 0 Å². The second-order valence-corrected chi connectivity index (χ2v) is 3.68. The molecule has 0 saturated carbocycles. The van der Waals surface area contributed by atoms with Gasteiger partial charge in [-0.15, -0.1) is 0 Å². The molecule has 1 rings (SSSR count). The molecule has 5 heteroatoms. The van der Waals surface area contributed by atoms with Crippen molar-refractivity contribution >= 4 is 5.97 Å². The van der Waals surface area contributed by atoms with Gasteiger partial charge < -0.3 is 9.84 Å². The third-order valence-electron chi connectivity index (χ3n) is 2.46. The Morgan fingerprint density at radius 3 is 2.93 bits per heavy atom. The Balaban J connectivity index is 2.20. The average Bonchev–Trinajstić information content (AvgIpc) is 2.08. The highest BCUT2D eigenvalue weighted by Gasteiger charge is 2.25. The fourth-order valence-electron chi connectivity index (χ4n) is 1.64. The van der Waals surface area contributed by atoms with Crippen LogP contribution in [0.3, 0.4) is 0 Å². The Labute approximate surface area is 82.6 Å². The van der Waals surface area contributed by atoms with Gasteiger partial charge in [0.1, 0.15) is 12.8 Å². The van der Waals surface area contributed by atoms with Gasteiger partial charge in [0.15, 0.2) is 0 Å². The second kappa shape index (κ2) is 5.26. The first-order chi connectivity index (χ1) is 6.59. The summed E-state index contributed by atoms with van der Waals surface area (Å²) in [4.78, 5) is 12.1. The number of likely N-dealkylation sites (N-methyl/N-ethyl adjacent to an activating group) is 1. The van der Waals surface area contributed by atoms with Crippen LogP contribution in [-0.4, -0.2) is 55.0 Å². The maximum Gasteiger partial charge on any atom is 0.329 e. The predicted octanol–water partition coefficient (Wildman–Crippen LogP) is 0.520. The molecule has 1 aliphatic rings. The van der Waals surface area contributed by atoms with Crippen LogP contribution in [0, 0.1) is 0 Å². The molecule has 14 heavy (non-hydrogen) atoms. The van der Waals surface area contributed by atoms with Crippen molar-refractivity contribution in [2.45, 2.75) is 25.1 Å². The number of rotatable bonds is 4. The molecule has 0 spiro atoms. The van der Waals surface area contributed by atoms with Crippen LogP contribution >= 0.6 is 0 Å². The van der Waals surface area contributed by atoms with Gasteiger partial charge in [-0.1, -0.05) is 0 Å². The Morgan fingerprint density at radius 2 is 2.36 bits per heavy atom. The molecule has 1 saturated heterocycles. The highest BCUT2D eigenvalue weighted by molar-refractivity contribution is 5.67. The lowest BCUT2D eigenvalue weighted by Crippen LogP contribution is -2.44. The highest BCUT2D eigenvalue weighted by atomic mass is 19.1. The Kier molecular flexibility index (Phi) is 4.28. The smallest absolute Gasteiger partial charge is 0.329 e. The summed E-state index contributed by atoms with van der Waals surface area (Å²) in [5.41, 5.74) is 0. The number of carboxylic acid groups (broad SMARTS) is 1. The summed E-state index contributed by atoms with van der Waals surface area (Å²) in [6.45, 7) is 0.514. The first kappa shape index (κ1) is 11.4. The van der Waals surface area contributed by atoms with Gasteiger partial charge in [-0.3, -0.25) is 4.90 Å². The molecule has 1 N–H and O–H groups in total. The van der Waals surface area contributed by atoms with Gasteiger partial charge in [0.05, 0.1) is 6.61 Å². The van der Waals surface area contributed by atoms with E-state index in [0.29, 0.717) is 19.6 Å². The lowest BCUT2D eigenvalue weighted by molar-refractivity contribution is -0.143. The van der Waals surface area contributed by atoms with E-state index in [9.17, 15) is 9.18 Å². The fourth-order valence-corrected chi connectivity index (χ4v) is 1.64. The minimum Gasteiger partial charge on any atom is -0.480 e. The fraction of sp³-hybridized carbons (Fsp3) is 0.889. The van der Waals surface area contributed by atoms with Crippen LogP contribution in [0.4, 0.5) is 4.39 Å². The van der Waals surface area contributed by atoms with Gasteiger partial charge in [0.25, 0.3) is 0 Å². The van der Waals surface area contributed by atoms with E-state index in [1.807, 2.05) is 11.9 Å². The number of nitrogens with zero attached hydrogens (tertiary/aromatic N) is 1. The van der Waals surface area contributed by atoms with Crippen LogP contribution in [0.25, 0.3) is 0 Å². The zero-order chi connectivity index (χ0) is 10.6. The molecule has 2 atom stereocenters. The van der Waals surface area contributed by atoms with Crippen LogP contribution in [0.5, 0.6) is 0 Å². The molecule has 0 bridgehead atoms. The summed E-state index contributed by atoms with van der Waals surface area (Å²) in [6.07, 6.45) is 0.527. The van der Waals surface area contributed by atoms with Gasteiger partial charge in [0, 0.05) is 12.6 Å². The highest BCUT2D eigenvalue weighted by Crippen LogP contribution is 2.17. The van der Waals surface area contributed by atoms with Gasteiger partial charge >= 0.3 is 5.97 Å². The van der Waals surface area contributed by atoms with Crippen molar-refractivity contribution in [2.75, 3.05) is 26.8 Å². The molecule has 0 radical (unpaired) electrons. The van der Waals surface area contributed by atoms with E-state index in [1.165, 1.54) is 0 Å². The maximum absolute atomic E-state index is 12.9. The normalized spacial score (nSPS) is 29.0. The third-order valence-corrected chi connectivity index (χ3v) is 2.46. The van der Waals surface area contributed by atoms with Crippen molar-refractivity contribution in [3.63, 3.8) is 0 Å². The summed E-state index contributed by atoms with van der Waals surface area (Å²) in [6, 6.07) is 0.154. The molecule has 1 heterocycles. The molecular weight excluding hydrogens is 189 g/mol. The number of aliphatic carboxylic acids is 1. The molecule has 2 unspecified atom stereocenters. The number of likely N-dealkylation sites (tertiary alicyclic amines) is 1. The zero-order valence-electron chi connectivity index (χ0n) is 8.28. The van der Waals surface area contributed by atoms with Crippen LogP contribution in [0.15, 0.2) is 0 Å². The van der Waals surface area contributed by atoms with Gasteiger partial charge in [-0.2, -0.15) is 0 Å². The van der Waals surface area contributed by atoms with Crippen molar-refractivity contribution in [3.8, 4) is 0 Å². The first-order valence-corrected chi connectivity index (χ1v) is 4.73. The molecule has 1 fully saturated rings. The van der Waals surface area contributed by atoms with E-state index in [4.69, 9.17) is 9.84 Å². The lowest BCUT2D eigenvalue weighted by Gasteiger charge is -2.33. The van der Waals surface area contributed by atoms with Crippen LogP contribution in [0.1, 0.15) is 12.8 Å². The van der Waals surface area contributed by atoms with E-state index < -0.39 is 12.1 Å². The van der Waals surface area contributed by atoms with E-state index in [2.05, 4.69) is 0 Å². The molecule has 0 amide bonds. The van der Waals surface area contributed by atoms with E-state index in [0.717, 1.165) is 6.42 Å². The van der Waals surface area contributed by atoms with Crippen LogP contribution in [-0.2, 0) is 9.53 Å². The summed E-state index contributed by atoms with van der Waals surface area (Å²) in [5.74, 6) is -0.966. The number of halogens is 1. The zero-order valence-corrected chi connectivity index (χ0v) is 8.28. The number of carbonyl (C=O) groups is 1. The number of alkyl halides is 1. The summed E-state index contributed by atoms with van der Waals surface area (Å²) in [7, 11) is 1.83. The second-order valence-electron chi connectivity index (χ2n) is 3.68. The largest absolute Gasteiger partial charge is 0.480 e. The Morgan fingerprint density at radius 1 is 1.64 bits per heavy atom. The van der Waals surface area contributed by atoms with Gasteiger partial charge in [0.2, 0.25) is 0 Å². The lowest BCUT2D eigenvalue weighted by atomic mass is 10.0. The van der Waals surface area contributed by atoms with Crippen molar-refractivity contribution in [2.24, 2.45) is 0 Å². The first-order valence-electron chi connectivity index (χ1n) is 4.73.